The highest BCUT2D eigenvalue weighted by Crippen LogP contribution is 2.19. The van der Waals surface area contributed by atoms with Crippen molar-refractivity contribution in [3.05, 3.63) is 28.2 Å². The summed E-state index contributed by atoms with van der Waals surface area (Å²) in [6, 6.07) is 0. The summed E-state index contributed by atoms with van der Waals surface area (Å²) in [6.45, 7) is 0. The number of halogens is 2. The van der Waals surface area contributed by atoms with Gasteiger partial charge >= 0.3 is 5.97 Å². The SMILES string of the molecule is O=C(O)CCc1c(F)cncc1Br. The number of nitrogens with zero attached hydrogens (tertiary/aromatic N) is 1. The fourth-order valence-corrected chi connectivity index (χ4v) is 1.41. The van der Waals surface area contributed by atoms with Crippen molar-refractivity contribution >= 4 is 21.9 Å². The van der Waals surface area contributed by atoms with E-state index < -0.39 is 11.8 Å². The molecule has 1 aromatic rings. The van der Waals surface area contributed by atoms with E-state index in [0.717, 1.165) is 6.20 Å². The molecule has 0 saturated carbocycles. The highest BCUT2D eigenvalue weighted by Gasteiger charge is 2.08. The van der Waals surface area contributed by atoms with Crippen molar-refractivity contribution < 1.29 is 14.3 Å². The summed E-state index contributed by atoms with van der Waals surface area (Å²) >= 11 is 3.10. The predicted molar refractivity (Wildman–Crippen MR) is 47.9 cm³/mol. The minimum atomic E-state index is -0.942. The van der Waals surface area contributed by atoms with Crippen molar-refractivity contribution in [1.29, 1.82) is 0 Å². The first kappa shape index (κ1) is 10.1. The highest BCUT2D eigenvalue weighted by molar-refractivity contribution is 9.10. The molecule has 0 aliphatic rings. The maximum absolute atomic E-state index is 13.0. The first-order chi connectivity index (χ1) is 6.11. The second-order valence-corrected chi connectivity index (χ2v) is 3.33. The molecule has 0 bridgehead atoms. The van der Waals surface area contributed by atoms with E-state index in [1.54, 1.807) is 0 Å². The number of hydrogen-bond donors (Lipinski definition) is 1. The van der Waals surface area contributed by atoms with Crippen LogP contribution in [0.3, 0.4) is 0 Å². The van der Waals surface area contributed by atoms with Crippen molar-refractivity contribution in [2.24, 2.45) is 0 Å². The van der Waals surface area contributed by atoms with E-state index >= 15 is 0 Å². The van der Waals surface area contributed by atoms with Gasteiger partial charge < -0.3 is 5.11 Å². The summed E-state index contributed by atoms with van der Waals surface area (Å²) in [5, 5.41) is 8.40. The van der Waals surface area contributed by atoms with Crippen molar-refractivity contribution in [1.82, 2.24) is 4.98 Å². The van der Waals surface area contributed by atoms with Crippen LogP contribution in [0.25, 0.3) is 0 Å². The third kappa shape index (κ3) is 2.77. The third-order valence-corrected chi connectivity index (χ3v) is 2.22. The van der Waals surface area contributed by atoms with Crippen LogP contribution in [-0.4, -0.2) is 16.1 Å². The van der Waals surface area contributed by atoms with Gasteiger partial charge in [0.05, 0.1) is 6.20 Å². The van der Waals surface area contributed by atoms with Crippen LogP contribution in [0.5, 0.6) is 0 Å². The molecular weight excluding hydrogens is 241 g/mol. The Bertz CT molecular complexity index is 310. The molecule has 5 heteroatoms. The Balaban J connectivity index is 2.81. The van der Waals surface area contributed by atoms with Crippen molar-refractivity contribution in [2.45, 2.75) is 12.8 Å². The van der Waals surface area contributed by atoms with Gasteiger partial charge in [0.2, 0.25) is 0 Å². The van der Waals surface area contributed by atoms with Crippen LogP contribution in [0.1, 0.15) is 12.0 Å². The Labute approximate surface area is 82.7 Å². The number of carboxylic acid groups (broad SMARTS) is 1. The number of aliphatic carboxylic acids is 1. The molecule has 0 spiro atoms. The lowest BCUT2D eigenvalue weighted by Crippen LogP contribution is -2.00. The molecule has 0 saturated heterocycles. The molecule has 0 atom stereocenters. The fraction of sp³-hybridized carbons (Fsp3) is 0.250. The average Bonchev–Trinajstić information content (AvgIpc) is 2.03. The molecule has 70 valence electrons. The molecule has 1 aromatic heterocycles. The van der Waals surface area contributed by atoms with Crippen LogP contribution in [0.15, 0.2) is 16.9 Å². The summed E-state index contributed by atoms with van der Waals surface area (Å²) in [6.07, 6.45) is 2.60. The van der Waals surface area contributed by atoms with Gasteiger partial charge in [-0.1, -0.05) is 0 Å². The minimum Gasteiger partial charge on any atom is -0.481 e. The van der Waals surface area contributed by atoms with E-state index in [9.17, 15) is 9.18 Å². The summed E-state index contributed by atoms with van der Waals surface area (Å²) in [7, 11) is 0. The lowest BCUT2D eigenvalue weighted by molar-refractivity contribution is -0.136. The summed E-state index contributed by atoms with van der Waals surface area (Å²) < 4.78 is 13.5. The second-order valence-electron chi connectivity index (χ2n) is 2.48. The number of aromatic nitrogens is 1. The molecule has 0 amide bonds. The average molecular weight is 248 g/mol. The maximum Gasteiger partial charge on any atom is 0.303 e. The van der Waals surface area contributed by atoms with Crippen molar-refractivity contribution in [2.75, 3.05) is 0 Å². The Kier molecular flexibility index (Phi) is 3.36. The molecule has 13 heavy (non-hydrogen) atoms. The maximum atomic E-state index is 13.0. The molecule has 0 fully saturated rings. The van der Waals surface area contributed by atoms with Gasteiger partial charge in [-0.05, 0) is 22.4 Å². The first-order valence-electron chi connectivity index (χ1n) is 3.61. The number of carbonyl (C=O) groups is 1. The minimum absolute atomic E-state index is 0.0838. The fourth-order valence-electron chi connectivity index (χ4n) is 0.909. The molecule has 1 rings (SSSR count). The van der Waals surface area contributed by atoms with E-state index in [4.69, 9.17) is 5.11 Å². The zero-order valence-corrected chi connectivity index (χ0v) is 8.21. The van der Waals surface area contributed by atoms with Crippen molar-refractivity contribution in [3.8, 4) is 0 Å². The van der Waals surface area contributed by atoms with E-state index in [1.165, 1.54) is 6.20 Å². The molecule has 3 nitrogen and oxygen atoms in total. The molecule has 0 radical (unpaired) electrons. The monoisotopic (exact) mass is 247 g/mol. The molecular formula is C8H7BrFNO2. The lowest BCUT2D eigenvalue weighted by atomic mass is 10.1. The number of rotatable bonds is 3. The Morgan fingerprint density at radius 3 is 2.85 bits per heavy atom. The Morgan fingerprint density at radius 1 is 1.62 bits per heavy atom. The molecule has 0 aliphatic carbocycles. The second kappa shape index (κ2) is 4.32. The standard InChI is InChI=1S/C8H7BrFNO2/c9-6-3-11-4-7(10)5(6)1-2-8(12)13/h3-4H,1-2H2,(H,12,13). The molecule has 1 N–H and O–H groups in total. The van der Waals surface area contributed by atoms with Crippen LogP contribution in [-0.2, 0) is 11.2 Å². The van der Waals surface area contributed by atoms with Gasteiger partial charge in [-0.25, -0.2) is 4.39 Å². The quantitative estimate of drug-likeness (QED) is 0.889. The summed E-state index contributed by atoms with van der Waals surface area (Å²) in [4.78, 5) is 13.8. The number of pyridine rings is 1. The highest BCUT2D eigenvalue weighted by atomic mass is 79.9. The zero-order chi connectivity index (χ0) is 9.84. The van der Waals surface area contributed by atoms with E-state index in [0.29, 0.717) is 10.0 Å². The third-order valence-electron chi connectivity index (χ3n) is 1.54. The van der Waals surface area contributed by atoms with E-state index in [1.807, 2.05) is 0 Å². The number of hydrogen-bond acceptors (Lipinski definition) is 2. The van der Waals surface area contributed by atoms with Gasteiger partial charge in [-0.15, -0.1) is 0 Å². The largest absolute Gasteiger partial charge is 0.481 e. The van der Waals surface area contributed by atoms with Crippen molar-refractivity contribution in [3.63, 3.8) is 0 Å². The zero-order valence-electron chi connectivity index (χ0n) is 6.63. The van der Waals surface area contributed by atoms with Crippen LogP contribution in [0.4, 0.5) is 4.39 Å². The molecule has 0 aliphatic heterocycles. The van der Waals surface area contributed by atoms with Gasteiger partial charge in [0.15, 0.2) is 0 Å². The summed E-state index contributed by atoms with van der Waals surface area (Å²) in [5.74, 6) is -1.42. The first-order valence-corrected chi connectivity index (χ1v) is 4.40. The summed E-state index contributed by atoms with van der Waals surface area (Å²) in [5.41, 5.74) is 0.359. The van der Waals surface area contributed by atoms with Gasteiger partial charge in [-0.3, -0.25) is 9.78 Å². The van der Waals surface area contributed by atoms with Crippen LogP contribution >= 0.6 is 15.9 Å². The van der Waals surface area contributed by atoms with E-state index in [-0.39, 0.29) is 12.8 Å². The van der Waals surface area contributed by atoms with Crippen LogP contribution < -0.4 is 0 Å². The Morgan fingerprint density at radius 2 is 2.31 bits per heavy atom. The van der Waals surface area contributed by atoms with Crippen LogP contribution in [0.2, 0.25) is 0 Å². The van der Waals surface area contributed by atoms with Crippen LogP contribution in [0, 0.1) is 5.82 Å². The van der Waals surface area contributed by atoms with Gasteiger partial charge in [-0.2, -0.15) is 0 Å². The molecule has 0 aromatic carbocycles. The smallest absolute Gasteiger partial charge is 0.303 e. The lowest BCUT2D eigenvalue weighted by Gasteiger charge is -2.02. The Hall–Kier alpha value is -0.970. The normalized spacial score (nSPS) is 10.0. The topological polar surface area (TPSA) is 50.2 Å². The number of carboxylic acids is 1. The van der Waals surface area contributed by atoms with Gasteiger partial charge in [0, 0.05) is 22.7 Å². The molecule has 0 unspecified atom stereocenters. The van der Waals surface area contributed by atoms with Gasteiger partial charge in [0.25, 0.3) is 0 Å². The molecule has 1 heterocycles. The predicted octanol–water partition coefficient (Wildman–Crippen LogP) is 2.00. The van der Waals surface area contributed by atoms with Gasteiger partial charge in [0.1, 0.15) is 5.82 Å². The van der Waals surface area contributed by atoms with E-state index in [2.05, 4.69) is 20.9 Å².